The van der Waals surface area contributed by atoms with Gasteiger partial charge in [0.2, 0.25) is 16.0 Å². The zero-order valence-corrected chi connectivity index (χ0v) is 18.4. The Morgan fingerprint density at radius 2 is 1.93 bits per heavy atom. The number of benzene rings is 1. The van der Waals surface area contributed by atoms with Gasteiger partial charge in [-0.2, -0.15) is 10.1 Å². The van der Waals surface area contributed by atoms with Crippen molar-refractivity contribution in [1.82, 2.24) is 19.7 Å². The molecule has 2 aromatic heterocycles. The second-order valence-electron chi connectivity index (χ2n) is 6.68. The van der Waals surface area contributed by atoms with Gasteiger partial charge in [0.05, 0.1) is 37.1 Å². The standard InChI is InChI=1S/C18H22ClN7O3S/c1-11(2)26-16(7-8-21-26)23-18-20-10-13(19)17(24-18)22-14-6-5-12(29-3)9-15(14)25-30(4,27)28/h5-11,25H,1-4H3,(H2,20,22,23,24). The van der Waals surface area contributed by atoms with Crippen LogP contribution in [0, 0.1) is 0 Å². The van der Waals surface area contributed by atoms with E-state index >= 15 is 0 Å². The highest BCUT2D eigenvalue weighted by Crippen LogP contribution is 2.32. The first kappa shape index (κ1) is 21.7. The summed E-state index contributed by atoms with van der Waals surface area (Å²) in [7, 11) is -2.02. The number of hydrogen-bond acceptors (Lipinski definition) is 8. The molecule has 0 aliphatic heterocycles. The molecule has 0 bridgehead atoms. The van der Waals surface area contributed by atoms with Gasteiger partial charge in [0.1, 0.15) is 16.6 Å². The van der Waals surface area contributed by atoms with E-state index in [0.717, 1.165) is 12.1 Å². The summed E-state index contributed by atoms with van der Waals surface area (Å²) >= 11 is 6.26. The van der Waals surface area contributed by atoms with Crippen LogP contribution >= 0.6 is 11.6 Å². The van der Waals surface area contributed by atoms with Crippen LogP contribution in [0.25, 0.3) is 0 Å². The summed E-state index contributed by atoms with van der Waals surface area (Å²) in [6.07, 6.45) is 4.19. The summed E-state index contributed by atoms with van der Waals surface area (Å²) in [6.45, 7) is 4.02. The molecule has 0 unspecified atom stereocenters. The van der Waals surface area contributed by atoms with E-state index in [2.05, 4.69) is 30.4 Å². The Labute approximate surface area is 179 Å². The predicted molar refractivity (Wildman–Crippen MR) is 118 cm³/mol. The smallest absolute Gasteiger partial charge is 0.230 e. The van der Waals surface area contributed by atoms with E-state index in [0.29, 0.717) is 28.9 Å². The van der Waals surface area contributed by atoms with E-state index in [9.17, 15) is 8.42 Å². The van der Waals surface area contributed by atoms with Gasteiger partial charge in [0.25, 0.3) is 0 Å². The van der Waals surface area contributed by atoms with Gasteiger partial charge in [0, 0.05) is 18.2 Å². The molecule has 12 heteroatoms. The number of methoxy groups -OCH3 is 1. The van der Waals surface area contributed by atoms with Crippen molar-refractivity contribution in [1.29, 1.82) is 0 Å². The van der Waals surface area contributed by atoms with Gasteiger partial charge in [-0.1, -0.05) is 11.6 Å². The van der Waals surface area contributed by atoms with E-state index in [4.69, 9.17) is 16.3 Å². The molecule has 3 N–H and O–H groups in total. The molecule has 30 heavy (non-hydrogen) atoms. The van der Waals surface area contributed by atoms with E-state index in [1.54, 1.807) is 29.1 Å². The molecule has 3 aromatic rings. The van der Waals surface area contributed by atoms with Crippen molar-refractivity contribution in [3.8, 4) is 5.75 Å². The molecule has 0 saturated heterocycles. The Bertz CT molecular complexity index is 1150. The molecule has 3 rings (SSSR count). The number of nitrogens with one attached hydrogen (secondary N) is 3. The summed E-state index contributed by atoms with van der Waals surface area (Å²) in [6, 6.07) is 6.86. The molecular weight excluding hydrogens is 430 g/mol. The lowest BCUT2D eigenvalue weighted by atomic mass is 10.2. The number of halogens is 1. The van der Waals surface area contributed by atoms with Gasteiger partial charge in [-0.3, -0.25) is 4.72 Å². The molecule has 0 fully saturated rings. The molecule has 0 radical (unpaired) electrons. The minimum absolute atomic E-state index is 0.149. The third-order valence-corrected chi connectivity index (χ3v) is 4.79. The Kier molecular flexibility index (Phi) is 6.32. The fraction of sp³-hybridized carbons (Fsp3) is 0.278. The topological polar surface area (TPSA) is 123 Å². The molecule has 0 saturated carbocycles. The van der Waals surface area contributed by atoms with Crippen molar-refractivity contribution in [3.63, 3.8) is 0 Å². The van der Waals surface area contributed by atoms with Crippen LogP contribution in [0.2, 0.25) is 5.02 Å². The average molecular weight is 452 g/mol. The third kappa shape index (κ3) is 5.30. The van der Waals surface area contributed by atoms with Gasteiger partial charge in [-0.05, 0) is 26.0 Å². The Morgan fingerprint density at radius 3 is 2.60 bits per heavy atom. The maximum Gasteiger partial charge on any atom is 0.230 e. The average Bonchev–Trinajstić information content (AvgIpc) is 3.13. The number of anilines is 5. The van der Waals surface area contributed by atoms with Crippen molar-refractivity contribution in [2.75, 3.05) is 28.7 Å². The Hall–Kier alpha value is -3.05. The van der Waals surface area contributed by atoms with Crippen LogP contribution in [0.4, 0.5) is 29.0 Å². The fourth-order valence-electron chi connectivity index (χ4n) is 2.63. The maximum atomic E-state index is 11.7. The largest absolute Gasteiger partial charge is 0.497 e. The first-order chi connectivity index (χ1) is 14.2. The van der Waals surface area contributed by atoms with Gasteiger partial charge in [-0.15, -0.1) is 0 Å². The summed E-state index contributed by atoms with van der Waals surface area (Å²) < 4.78 is 32.9. The lowest BCUT2D eigenvalue weighted by Crippen LogP contribution is -2.12. The van der Waals surface area contributed by atoms with Gasteiger partial charge in [0.15, 0.2) is 5.82 Å². The zero-order valence-electron chi connectivity index (χ0n) is 16.8. The van der Waals surface area contributed by atoms with Crippen LogP contribution in [-0.2, 0) is 10.0 Å². The molecule has 160 valence electrons. The van der Waals surface area contributed by atoms with Crippen LogP contribution in [-0.4, -0.2) is 41.5 Å². The molecule has 0 amide bonds. The third-order valence-electron chi connectivity index (χ3n) is 3.92. The number of ether oxygens (including phenoxy) is 1. The second kappa shape index (κ2) is 8.76. The van der Waals surface area contributed by atoms with Crippen LogP contribution in [0.5, 0.6) is 5.75 Å². The van der Waals surface area contributed by atoms with Crippen molar-refractivity contribution in [2.45, 2.75) is 19.9 Å². The molecule has 0 aliphatic rings. The van der Waals surface area contributed by atoms with Crippen molar-refractivity contribution >= 4 is 50.6 Å². The molecule has 0 aliphatic carbocycles. The SMILES string of the molecule is COc1ccc(Nc2nc(Nc3ccnn3C(C)C)ncc2Cl)c(NS(C)(=O)=O)c1. The van der Waals surface area contributed by atoms with Crippen molar-refractivity contribution in [2.24, 2.45) is 0 Å². The van der Waals surface area contributed by atoms with Crippen LogP contribution < -0.4 is 20.1 Å². The number of hydrogen-bond donors (Lipinski definition) is 3. The normalized spacial score (nSPS) is 11.4. The minimum atomic E-state index is -3.52. The van der Waals surface area contributed by atoms with Crippen LogP contribution in [0.3, 0.4) is 0 Å². The predicted octanol–water partition coefficient (Wildman–Crippen LogP) is 3.77. The first-order valence-corrected chi connectivity index (χ1v) is 11.2. The first-order valence-electron chi connectivity index (χ1n) is 8.92. The molecule has 0 atom stereocenters. The monoisotopic (exact) mass is 451 g/mol. The van der Waals surface area contributed by atoms with Crippen molar-refractivity contribution in [3.05, 3.63) is 41.7 Å². The molecular formula is C18H22ClN7O3S. The van der Waals surface area contributed by atoms with Gasteiger partial charge >= 0.3 is 0 Å². The highest BCUT2D eigenvalue weighted by molar-refractivity contribution is 7.92. The second-order valence-corrected chi connectivity index (χ2v) is 8.84. The molecule has 10 nitrogen and oxygen atoms in total. The number of sulfonamides is 1. The Balaban J connectivity index is 1.92. The van der Waals surface area contributed by atoms with Gasteiger partial charge in [-0.25, -0.2) is 18.1 Å². The van der Waals surface area contributed by atoms with Crippen molar-refractivity contribution < 1.29 is 13.2 Å². The number of rotatable bonds is 8. The molecule has 1 aromatic carbocycles. The molecule has 0 spiro atoms. The van der Waals surface area contributed by atoms with Crippen LogP contribution in [0.1, 0.15) is 19.9 Å². The summed E-state index contributed by atoms with van der Waals surface area (Å²) in [5.41, 5.74) is 0.735. The summed E-state index contributed by atoms with van der Waals surface area (Å²) in [5.74, 6) is 1.81. The quantitative estimate of drug-likeness (QED) is 0.472. The summed E-state index contributed by atoms with van der Waals surface area (Å²) in [5, 5.41) is 10.7. The minimum Gasteiger partial charge on any atom is -0.497 e. The lowest BCUT2D eigenvalue weighted by Gasteiger charge is -2.16. The van der Waals surface area contributed by atoms with E-state index < -0.39 is 10.0 Å². The summed E-state index contributed by atoms with van der Waals surface area (Å²) in [4.78, 5) is 8.61. The van der Waals surface area contributed by atoms with Crippen LogP contribution in [0.15, 0.2) is 36.7 Å². The van der Waals surface area contributed by atoms with Gasteiger partial charge < -0.3 is 15.4 Å². The Morgan fingerprint density at radius 1 is 1.17 bits per heavy atom. The maximum absolute atomic E-state index is 11.7. The fourth-order valence-corrected chi connectivity index (χ4v) is 3.33. The highest BCUT2D eigenvalue weighted by atomic mass is 35.5. The van der Waals surface area contributed by atoms with E-state index in [1.165, 1.54) is 13.3 Å². The lowest BCUT2D eigenvalue weighted by molar-refractivity contribution is 0.415. The zero-order chi connectivity index (χ0) is 21.9. The number of nitrogens with zero attached hydrogens (tertiary/aromatic N) is 4. The number of aromatic nitrogens is 4. The van der Waals surface area contributed by atoms with E-state index in [-0.39, 0.29) is 11.1 Å². The van der Waals surface area contributed by atoms with E-state index in [1.807, 2.05) is 19.9 Å². The highest BCUT2D eigenvalue weighted by Gasteiger charge is 2.14. The molecule has 2 heterocycles.